The molecule has 0 spiro atoms. The highest BCUT2D eigenvalue weighted by atomic mass is 32.2. The van der Waals surface area contributed by atoms with Crippen LogP contribution in [0.25, 0.3) is 0 Å². The number of sulfonamides is 1. The number of hydrogen-bond acceptors (Lipinski definition) is 4. The van der Waals surface area contributed by atoms with E-state index in [1.165, 1.54) is 16.1 Å². The Morgan fingerprint density at radius 2 is 1.55 bits per heavy atom. The summed E-state index contributed by atoms with van der Waals surface area (Å²) in [5.41, 5.74) is 4.62. The van der Waals surface area contributed by atoms with Gasteiger partial charge in [0.2, 0.25) is 5.78 Å². The predicted octanol–water partition coefficient (Wildman–Crippen LogP) is 5.04. The summed E-state index contributed by atoms with van der Waals surface area (Å²) in [7, 11) is -4.04. The normalized spacial score (nSPS) is 16.3. The average Bonchev–Trinajstić information content (AvgIpc) is 2.78. The minimum Gasteiger partial charge on any atom is -0.360 e. The van der Waals surface area contributed by atoms with E-state index in [0.717, 1.165) is 23.2 Å². The molecule has 0 radical (unpaired) electrons. The summed E-state index contributed by atoms with van der Waals surface area (Å²) in [4.78, 5) is 12.8. The third-order valence-corrected chi connectivity index (χ3v) is 7.15. The molecule has 0 saturated carbocycles. The number of para-hydroxylation sites is 1. The second-order valence-electron chi connectivity index (χ2n) is 7.55. The predicted molar refractivity (Wildman–Crippen MR) is 125 cm³/mol. The Morgan fingerprint density at radius 3 is 2.23 bits per heavy atom. The van der Waals surface area contributed by atoms with Gasteiger partial charge in [0.1, 0.15) is 0 Å². The van der Waals surface area contributed by atoms with Crippen molar-refractivity contribution in [3.8, 4) is 0 Å². The molecule has 1 aliphatic heterocycles. The molecule has 4 rings (SSSR count). The van der Waals surface area contributed by atoms with Crippen molar-refractivity contribution in [1.29, 1.82) is 0 Å². The maximum Gasteiger partial charge on any atom is 0.270 e. The number of allylic oxidation sites excluding steroid dienone is 1. The van der Waals surface area contributed by atoms with Gasteiger partial charge < -0.3 is 5.32 Å². The number of carbonyl (C=O) groups excluding carboxylic acids is 1. The Morgan fingerprint density at radius 1 is 0.903 bits per heavy atom. The lowest BCUT2D eigenvalue weighted by Crippen LogP contribution is -2.39. The average molecular weight is 433 g/mol. The van der Waals surface area contributed by atoms with Gasteiger partial charge in [0.05, 0.1) is 12.2 Å². The minimum atomic E-state index is -4.04. The van der Waals surface area contributed by atoms with Crippen LogP contribution in [0.5, 0.6) is 0 Å². The van der Waals surface area contributed by atoms with Crippen LogP contribution in [0.15, 0.2) is 83.9 Å². The molecular formula is C25H24N2O3S. The van der Waals surface area contributed by atoms with E-state index in [1.807, 2.05) is 55.5 Å². The number of hydrogen-bond donors (Lipinski definition) is 1. The van der Waals surface area contributed by atoms with Crippen molar-refractivity contribution in [2.24, 2.45) is 0 Å². The fraction of sp³-hybridized carbons (Fsp3) is 0.160. The molecule has 1 aliphatic rings. The highest BCUT2D eigenvalue weighted by Crippen LogP contribution is 2.36. The van der Waals surface area contributed by atoms with E-state index in [1.54, 1.807) is 24.3 Å². The fourth-order valence-corrected chi connectivity index (χ4v) is 5.06. The molecule has 0 fully saturated rings. The monoisotopic (exact) mass is 432 g/mol. The number of nitrogens with one attached hydrogen (secondary N) is 1. The topological polar surface area (TPSA) is 66.5 Å². The van der Waals surface area contributed by atoms with E-state index >= 15 is 0 Å². The molecule has 3 aromatic carbocycles. The summed E-state index contributed by atoms with van der Waals surface area (Å²) >= 11 is 0. The van der Waals surface area contributed by atoms with Crippen molar-refractivity contribution < 1.29 is 13.2 Å². The van der Waals surface area contributed by atoms with Gasteiger partial charge in [0.15, 0.2) is 4.91 Å². The molecule has 0 aromatic heterocycles. The number of benzene rings is 3. The molecule has 0 amide bonds. The maximum absolute atomic E-state index is 13.5. The first-order chi connectivity index (χ1) is 14.9. The summed E-state index contributed by atoms with van der Waals surface area (Å²) in [6.45, 7) is 4.20. The lowest BCUT2D eigenvalue weighted by molar-refractivity contribution is 0.104. The summed E-state index contributed by atoms with van der Waals surface area (Å²) in [5.74, 6) is -0.506. The zero-order chi connectivity index (χ0) is 22.0. The highest BCUT2D eigenvalue weighted by molar-refractivity contribution is 7.97. The Labute approximate surface area is 183 Å². The van der Waals surface area contributed by atoms with E-state index < -0.39 is 15.8 Å². The van der Waals surface area contributed by atoms with Gasteiger partial charge in [0.25, 0.3) is 10.0 Å². The first-order valence-corrected chi connectivity index (χ1v) is 11.6. The number of fused-ring (bicyclic) bond motifs is 1. The molecule has 0 unspecified atom stereocenters. The standard InChI is InChI=1S/C25H24N2O3S/c1-3-19-12-14-21(15-13-19)26-16-24-25(28)22-6-4-5-7-23(22)27(31(24,29)30)17-20-10-8-18(2)9-11-20/h4-16,26H,3,17H2,1-2H3/b24-16+. The molecular weight excluding hydrogens is 408 g/mol. The van der Waals surface area contributed by atoms with E-state index in [0.29, 0.717) is 11.3 Å². The van der Waals surface area contributed by atoms with Crippen molar-refractivity contribution in [3.63, 3.8) is 0 Å². The molecule has 0 saturated heterocycles. The molecule has 1 heterocycles. The number of carbonyl (C=O) groups is 1. The van der Waals surface area contributed by atoms with Gasteiger partial charge in [-0.15, -0.1) is 0 Å². The molecule has 0 aliphatic carbocycles. The first kappa shape index (κ1) is 20.9. The lowest BCUT2D eigenvalue weighted by atomic mass is 10.1. The molecule has 0 bridgehead atoms. The van der Waals surface area contributed by atoms with Crippen LogP contribution in [0, 0.1) is 6.92 Å². The Bertz CT molecular complexity index is 1240. The summed E-state index contributed by atoms with van der Waals surface area (Å²) in [6.07, 6.45) is 2.22. The van der Waals surface area contributed by atoms with Gasteiger partial charge in [-0.1, -0.05) is 61.0 Å². The number of aryl methyl sites for hydroxylation is 2. The van der Waals surface area contributed by atoms with Gasteiger partial charge in [-0.05, 0) is 48.7 Å². The van der Waals surface area contributed by atoms with Crippen molar-refractivity contribution in [2.75, 3.05) is 9.62 Å². The summed E-state index contributed by atoms with van der Waals surface area (Å²) < 4.78 is 28.3. The maximum atomic E-state index is 13.5. The van der Waals surface area contributed by atoms with Gasteiger partial charge in [0, 0.05) is 17.5 Å². The van der Waals surface area contributed by atoms with E-state index in [2.05, 4.69) is 12.2 Å². The lowest BCUT2D eigenvalue weighted by Gasteiger charge is -2.31. The van der Waals surface area contributed by atoms with Crippen LogP contribution >= 0.6 is 0 Å². The number of nitrogens with zero attached hydrogens (tertiary/aromatic N) is 1. The molecule has 158 valence electrons. The Hall–Kier alpha value is -3.38. The van der Waals surface area contributed by atoms with Crippen LogP contribution in [-0.2, 0) is 23.0 Å². The molecule has 6 heteroatoms. The van der Waals surface area contributed by atoms with Crippen LogP contribution in [0.4, 0.5) is 11.4 Å². The molecule has 1 N–H and O–H groups in total. The molecule has 5 nitrogen and oxygen atoms in total. The zero-order valence-electron chi connectivity index (χ0n) is 17.5. The van der Waals surface area contributed by atoms with E-state index in [4.69, 9.17) is 0 Å². The number of rotatable bonds is 5. The Kier molecular flexibility index (Phi) is 5.65. The quantitative estimate of drug-likeness (QED) is 0.574. The van der Waals surface area contributed by atoms with Crippen LogP contribution < -0.4 is 9.62 Å². The smallest absolute Gasteiger partial charge is 0.270 e. The van der Waals surface area contributed by atoms with Crippen molar-refractivity contribution in [3.05, 3.63) is 106 Å². The highest BCUT2D eigenvalue weighted by Gasteiger charge is 2.40. The first-order valence-electron chi connectivity index (χ1n) is 10.2. The fourth-order valence-electron chi connectivity index (χ4n) is 3.54. The van der Waals surface area contributed by atoms with E-state index in [-0.39, 0.29) is 11.4 Å². The third-order valence-electron chi connectivity index (χ3n) is 5.39. The van der Waals surface area contributed by atoms with Gasteiger partial charge in [-0.25, -0.2) is 8.42 Å². The summed E-state index contributed by atoms with van der Waals surface area (Å²) in [6, 6.07) is 22.2. The molecule has 0 atom stereocenters. The number of anilines is 2. The van der Waals surface area contributed by atoms with Gasteiger partial charge in [-0.2, -0.15) is 0 Å². The van der Waals surface area contributed by atoms with Crippen LogP contribution in [0.2, 0.25) is 0 Å². The number of ketones is 1. The third kappa shape index (κ3) is 4.11. The molecule has 3 aromatic rings. The van der Waals surface area contributed by atoms with Crippen molar-refractivity contribution >= 4 is 27.2 Å². The van der Waals surface area contributed by atoms with Crippen molar-refractivity contribution in [1.82, 2.24) is 0 Å². The largest absolute Gasteiger partial charge is 0.360 e. The van der Waals surface area contributed by atoms with Crippen LogP contribution in [0.1, 0.15) is 34.0 Å². The second kappa shape index (κ2) is 8.40. The second-order valence-corrected chi connectivity index (χ2v) is 9.38. The Balaban J connectivity index is 1.74. The summed E-state index contributed by atoms with van der Waals surface area (Å²) in [5, 5.41) is 2.99. The van der Waals surface area contributed by atoms with Crippen molar-refractivity contribution in [2.45, 2.75) is 26.8 Å². The van der Waals surface area contributed by atoms with Gasteiger partial charge in [-0.3, -0.25) is 9.10 Å². The SMILES string of the molecule is CCc1ccc(N/C=C2\C(=O)c3ccccc3N(Cc3ccc(C)cc3)S2(=O)=O)cc1. The van der Waals surface area contributed by atoms with E-state index in [9.17, 15) is 13.2 Å². The zero-order valence-corrected chi connectivity index (χ0v) is 18.3. The number of Topliss-reactive ketones (excluding diaryl/α,β-unsaturated/α-hetero) is 1. The van der Waals surface area contributed by atoms with Crippen LogP contribution in [-0.4, -0.2) is 14.2 Å². The van der Waals surface area contributed by atoms with Gasteiger partial charge >= 0.3 is 0 Å². The molecule has 31 heavy (non-hydrogen) atoms. The minimum absolute atomic E-state index is 0.148. The van der Waals surface area contributed by atoms with Crippen LogP contribution in [0.3, 0.4) is 0 Å².